The van der Waals surface area contributed by atoms with E-state index >= 15 is 0 Å². The molecule has 1 saturated heterocycles. The number of aromatic amines is 1. The maximum atomic E-state index is 10.1. The van der Waals surface area contributed by atoms with Crippen molar-refractivity contribution >= 4 is 23.4 Å². The van der Waals surface area contributed by atoms with Crippen molar-refractivity contribution in [3.05, 3.63) is 27.7 Å². The van der Waals surface area contributed by atoms with Crippen LogP contribution in [0.5, 0.6) is 0 Å². The van der Waals surface area contributed by atoms with Gasteiger partial charge in [0.1, 0.15) is 34.6 Å². The molecule has 0 radical (unpaired) electrons. The van der Waals surface area contributed by atoms with Crippen molar-refractivity contribution in [1.82, 2.24) is 15.0 Å². The molecule has 1 unspecified atom stereocenters. The number of ether oxygens (including phenoxy) is 1. The van der Waals surface area contributed by atoms with Crippen LogP contribution >= 0.6 is 12.2 Å². The van der Waals surface area contributed by atoms with Crippen LogP contribution in [0.15, 0.2) is 6.07 Å². The highest BCUT2D eigenvalue weighted by Gasteiger charge is 2.43. The maximum Gasteiger partial charge on any atom is 0.157 e. The summed E-state index contributed by atoms with van der Waals surface area (Å²) in [6.07, 6.45) is -3.98. The molecule has 7 nitrogen and oxygen atoms in total. The van der Waals surface area contributed by atoms with Gasteiger partial charge in [-0.1, -0.05) is 12.2 Å². The molecule has 1 aliphatic heterocycles. The number of fused-ring (bicyclic) bond motifs is 1. The fourth-order valence-electron chi connectivity index (χ4n) is 2.57. The van der Waals surface area contributed by atoms with Crippen LogP contribution in [0, 0.1) is 18.5 Å². The molecule has 1 fully saturated rings. The van der Waals surface area contributed by atoms with E-state index in [1.807, 2.05) is 13.8 Å². The van der Waals surface area contributed by atoms with Gasteiger partial charge in [0.2, 0.25) is 0 Å². The lowest BCUT2D eigenvalue weighted by Gasteiger charge is -2.15. The second kappa shape index (κ2) is 5.64. The van der Waals surface area contributed by atoms with Gasteiger partial charge in [0.15, 0.2) is 5.65 Å². The normalized spacial score (nSPS) is 28.4. The second-order valence-electron chi connectivity index (χ2n) is 5.44. The van der Waals surface area contributed by atoms with Crippen LogP contribution in [0.4, 0.5) is 0 Å². The van der Waals surface area contributed by atoms with Gasteiger partial charge in [-0.15, -0.1) is 0 Å². The lowest BCUT2D eigenvalue weighted by molar-refractivity contribution is -0.0229. The van der Waals surface area contributed by atoms with Crippen molar-refractivity contribution < 1.29 is 20.1 Å². The summed E-state index contributed by atoms with van der Waals surface area (Å²) < 4.78 is 5.88. The Hall–Kier alpha value is -1.45. The molecule has 8 heteroatoms. The summed E-state index contributed by atoms with van der Waals surface area (Å²) in [5, 5.41) is 29.2. The number of nitrogens with zero attached hydrogens (tertiary/aromatic N) is 2. The van der Waals surface area contributed by atoms with E-state index in [0.717, 1.165) is 11.4 Å². The molecule has 0 aliphatic carbocycles. The number of aliphatic hydroxyl groups excluding tert-OH is 3. The quantitative estimate of drug-likeness (QED) is 0.594. The minimum absolute atomic E-state index is 0.361. The first kappa shape index (κ1) is 15.4. The Bertz CT molecular complexity index is 779. The predicted octanol–water partition coefficient (Wildman–Crippen LogP) is 0.458. The second-order valence-corrected chi connectivity index (χ2v) is 5.85. The van der Waals surface area contributed by atoms with E-state index in [-0.39, 0.29) is 6.61 Å². The summed E-state index contributed by atoms with van der Waals surface area (Å²) in [5.74, 6) is 0. The minimum Gasteiger partial charge on any atom is -0.394 e. The van der Waals surface area contributed by atoms with E-state index in [1.54, 1.807) is 6.07 Å². The maximum absolute atomic E-state index is 10.1. The highest BCUT2D eigenvalue weighted by atomic mass is 32.1. The fourth-order valence-corrected chi connectivity index (χ4v) is 2.85. The Morgan fingerprint density at radius 2 is 1.91 bits per heavy atom. The predicted molar refractivity (Wildman–Crippen MR) is 80.9 cm³/mol. The third-order valence-corrected chi connectivity index (χ3v) is 4.31. The number of pyridine rings is 1. The minimum atomic E-state index is -1.16. The van der Waals surface area contributed by atoms with Crippen molar-refractivity contribution in [3.63, 3.8) is 0 Å². The zero-order valence-electron chi connectivity index (χ0n) is 12.1. The third-order valence-electron chi connectivity index (χ3n) is 3.97. The van der Waals surface area contributed by atoms with Crippen molar-refractivity contribution in [3.8, 4) is 0 Å². The van der Waals surface area contributed by atoms with Gasteiger partial charge in [0, 0.05) is 5.56 Å². The number of hydrogen-bond acceptors (Lipinski definition) is 7. The molecule has 0 bridgehead atoms. The van der Waals surface area contributed by atoms with Crippen LogP contribution in [0.1, 0.15) is 23.1 Å². The first-order valence-electron chi connectivity index (χ1n) is 6.93. The standard InChI is InChI=1S/C14H17N3O4S/c1-5-6(2)16-13-8(15-5)3-7(14(22)17-13)12-11(20)10(19)9(4-18)21-12/h3,9-12,18-20H,4H2,1-2H3,(H,16,17,22)/t9-,10+,11?,12+/m1/s1. The van der Waals surface area contributed by atoms with Crippen molar-refractivity contribution in [1.29, 1.82) is 0 Å². The molecule has 3 heterocycles. The van der Waals surface area contributed by atoms with Crippen molar-refractivity contribution in [2.75, 3.05) is 6.61 Å². The SMILES string of the molecule is Cc1nc2cc([C@@H]3O[C@H](CO)[C@H](O)C3O)c(=S)[nH]c2nc1C. The Labute approximate surface area is 131 Å². The lowest BCUT2D eigenvalue weighted by atomic mass is 10.0. The fraction of sp³-hybridized carbons (Fsp3) is 0.500. The van der Waals surface area contributed by atoms with Crippen LogP contribution < -0.4 is 0 Å². The van der Waals surface area contributed by atoms with E-state index in [9.17, 15) is 15.3 Å². The molecular formula is C14H17N3O4S. The number of rotatable bonds is 2. The first-order chi connectivity index (χ1) is 10.4. The molecule has 0 aromatic carbocycles. The van der Waals surface area contributed by atoms with E-state index in [0.29, 0.717) is 21.4 Å². The van der Waals surface area contributed by atoms with Gasteiger partial charge >= 0.3 is 0 Å². The molecular weight excluding hydrogens is 306 g/mol. The van der Waals surface area contributed by atoms with Crippen LogP contribution in [-0.4, -0.2) is 55.2 Å². The summed E-state index contributed by atoms with van der Waals surface area (Å²) in [4.78, 5) is 11.8. The summed E-state index contributed by atoms with van der Waals surface area (Å²) in [6, 6.07) is 1.70. The van der Waals surface area contributed by atoms with E-state index in [1.165, 1.54) is 0 Å². The van der Waals surface area contributed by atoms with Crippen molar-refractivity contribution in [2.45, 2.75) is 38.3 Å². The smallest absolute Gasteiger partial charge is 0.157 e. The van der Waals surface area contributed by atoms with E-state index in [4.69, 9.17) is 17.0 Å². The van der Waals surface area contributed by atoms with Crippen LogP contribution in [0.25, 0.3) is 11.2 Å². The van der Waals surface area contributed by atoms with E-state index < -0.39 is 24.4 Å². The summed E-state index contributed by atoms with van der Waals surface area (Å²) >= 11 is 5.30. The molecule has 0 saturated carbocycles. The van der Waals surface area contributed by atoms with Gasteiger partial charge < -0.3 is 25.0 Å². The largest absolute Gasteiger partial charge is 0.394 e. The van der Waals surface area contributed by atoms with Crippen molar-refractivity contribution in [2.24, 2.45) is 0 Å². The topological polar surface area (TPSA) is 111 Å². The molecule has 4 atom stereocenters. The van der Waals surface area contributed by atoms with Gasteiger partial charge in [0.05, 0.1) is 18.0 Å². The van der Waals surface area contributed by atoms with Gasteiger partial charge in [0.25, 0.3) is 0 Å². The molecule has 2 aromatic heterocycles. The Morgan fingerprint density at radius 1 is 1.23 bits per heavy atom. The average molecular weight is 323 g/mol. The van der Waals surface area contributed by atoms with Gasteiger partial charge in [-0.2, -0.15) is 0 Å². The highest BCUT2D eigenvalue weighted by molar-refractivity contribution is 7.71. The van der Waals surface area contributed by atoms with Crippen LogP contribution in [-0.2, 0) is 4.74 Å². The van der Waals surface area contributed by atoms with Gasteiger partial charge in [-0.3, -0.25) is 0 Å². The molecule has 0 amide bonds. The van der Waals surface area contributed by atoms with Crippen LogP contribution in [0.3, 0.4) is 0 Å². The number of aryl methyl sites for hydroxylation is 2. The summed E-state index contributed by atoms with van der Waals surface area (Å²) in [5.41, 5.74) is 3.28. The summed E-state index contributed by atoms with van der Waals surface area (Å²) in [7, 11) is 0. The average Bonchev–Trinajstić information content (AvgIpc) is 2.76. The number of aromatic nitrogens is 3. The Morgan fingerprint density at radius 3 is 2.55 bits per heavy atom. The van der Waals surface area contributed by atoms with E-state index in [2.05, 4.69) is 15.0 Å². The Balaban J connectivity index is 2.10. The number of aliphatic hydroxyl groups is 3. The highest BCUT2D eigenvalue weighted by Crippen LogP contribution is 2.34. The van der Waals surface area contributed by atoms with Crippen LogP contribution in [0.2, 0.25) is 0 Å². The molecule has 22 heavy (non-hydrogen) atoms. The number of hydrogen-bond donors (Lipinski definition) is 4. The van der Waals surface area contributed by atoms with Gasteiger partial charge in [-0.05, 0) is 19.9 Å². The monoisotopic (exact) mass is 323 g/mol. The lowest BCUT2D eigenvalue weighted by Crippen LogP contribution is -2.32. The molecule has 118 valence electrons. The number of H-pyrrole nitrogens is 1. The summed E-state index contributed by atoms with van der Waals surface area (Å²) in [6.45, 7) is 3.34. The Kier molecular flexibility index (Phi) is 3.96. The third kappa shape index (κ3) is 2.42. The number of nitrogens with one attached hydrogen (secondary N) is 1. The molecule has 4 N–H and O–H groups in total. The molecule has 0 spiro atoms. The zero-order valence-corrected chi connectivity index (χ0v) is 13.0. The zero-order chi connectivity index (χ0) is 16.0. The first-order valence-corrected chi connectivity index (χ1v) is 7.34. The van der Waals surface area contributed by atoms with Gasteiger partial charge in [-0.25, -0.2) is 9.97 Å². The molecule has 2 aromatic rings. The molecule has 3 rings (SSSR count). The molecule has 1 aliphatic rings.